The molecule has 0 amide bonds. The molecular weight excluding hydrogens is 306 g/mol. The maximum atomic E-state index is 4.50. The summed E-state index contributed by atoms with van der Waals surface area (Å²) in [6.45, 7) is 6.72. The second kappa shape index (κ2) is 6.64. The summed E-state index contributed by atoms with van der Waals surface area (Å²) in [6, 6.07) is 13.7. The van der Waals surface area contributed by atoms with E-state index in [1.54, 1.807) is 5.56 Å². The molecule has 0 radical (unpaired) electrons. The number of aryl methyl sites for hydroxylation is 3. The van der Waals surface area contributed by atoms with Gasteiger partial charge < -0.3 is 4.57 Å². The number of nitrogens with zero attached hydrogens (tertiary/aromatic N) is 3. The van der Waals surface area contributed by atoms with Gasteiger partial charge in [-0.1, -0.05) is 19.1 Å². The van der Waals surface area contributed by atoms with Crippen molar-refractivity contribution in [2.45, 2.75) is 45.7 Å². The van der Waals surface area contributed by atoms with Crippen LogP contribution in [0.15, 0.2) is 42.6 Å². The Labute approximate surface area is 150 Å². The number of rotatable bonds is 4. The fraction of sp³-hybridized carbons (Fsp3) is 0.409. The highest BCUT2D eigenvalue weighted by molar-refractivity contribution is 5.87. The predicted molar refractivity (Wildman–Crippen MR) is 104 cm³/mol. The van der Waals surface area contributed by atoms with Crippen LogP contribution < -0.4 is 0 Å². The molecule has 0 N–H and O–H groups in total. The number of hydrogen-bond acceptors (Lipinski definition) is 2. The van der Waals surface area contributed by atoms with Crippen molar-refractivity contribution in [3.05, 3.63) is 65.1 Å². The van der Waals surface area contributed by atoms with Crippen LogP contribution in [0.2, 0.25) is 0 Å². The molecule has 2 aromatic heterocycles. The minimum atomic E-state index is 0.481. The predicted octanol–water partition coefficient (Wildman–Crippen LogP) is 4.39. The molecule has 0 saturated carbocycles. The molecule has 0 aliphatic carbocycles. The van der Waals surface area contributed by atoms with Gasteiger partial charge in [-0.25, -0.2) is 0 Å². The van der Waals surface area contributed by atoms with Crippen molar-refractivity contribution in [2.75, 3.05) is 13.6 Å². The molecule has 3 heterocycles. The first-order chi connectivity index (χ1) is 12.2. The largest absolute Gasteiger partial charge is 0.344 e. The molecule has 3 aromatic rings. The summed E-state index contributed by atoms with van der Waals surface area (Å²) < 4.78 is 2.56. The van der Waals surface area contributed by atoms with E-state index in [1.165, 1.54) is 27.9 Å². The summed E-state index contributed by atoms with van der Waals surface area (Å²) in [5.41, 5.74) is 7.06. The molecule has 1 unspecified atom stereocenters. The van der Waals surface area contributed by atoms with E-state index in [0.717, 1.165) is 32.4 Å². The zero-order chi connectivity index (χ0) is 17.4. The highest BCUT2D eigenvalue weighted by Gasteiger charge is 2.27. The van der Waals surface area contributed by atoms with Crippen molar-refractivity contribution in [3.8, 4) is 0 Å². The van der Waals surface area contributed by atoms with Crippen molar-refractivity contribution >= 4 is 10.9 Å². The maximum Gasteiger partial charge on any atom is 0.0486 e. The van der Waals surface area contributed by atoms with Gasteiger partial charge in [0.2, 0.25) is 0 Å². The number of fused-ring (bicyclic) bond motifs is 3. The van der Waals surface area contributed by atoms with E-state index >= 15 is 0 Å². The summed E-state index contributed by atoms with van der Waals surface area (Å²) in [5, 5.41) is 1.45. The fourth-order valence-electron chi connectivity index (χ4n) is 4.16. The Balaban J connectivity index is 1.80. The summed E-state index contributed by atoms with van der Waals surface area (Å²) in [5.74, 6) is 0. The third-order valence-electron chi connectivity index (χ3n) is 5.78. The SMILES string of the molecule is CCc1ccc2c(c1)c1c(n2CCc2ccccn2)CCN(C)C1C. The summed E-state index contributed by atoms with van der Waals surface area (Å²) in [4.78, 5) is 6.98. The normalized spacial score (nSPS) is 17.8. The fourth-order valence-corrected chi connectivity index (χ4v) is 4.16. The number of likely N-dealkylation sites (N-methyl/N-ethyl adjacent to an activating group) is 1. The summed E-state index contributed by atoms with van der Waals surface area (Å²) in [7, 11) is 2.24. The first-order valence-corrected chi connectivity index (χ1v) is 9.43. The average molecular weight is 333 g/mol. The Kier molecular flexibility index (Phi) is 4.34. The lowest BCUT2D eigenvalue weighted by atomic mass is 9.96. The molecule has 1 aliphatic rings. The van der Waals surface area contributed by atoms with Gasteiger partial charge in [-0.05, 0) is 55.8 Å². The molecule has 0 saturated heterocycles. The molecule has 4 rings (SSSR count). The van der Waals surface area contributed by atoms with Gasteiger partial charge in [0.25, 0.3) is 0 Å². The highest BCUT2D eigenvalue weighted by atomic mass is 15.1. The maximum absolute atomic E-state index is 4.50. The molecule has 0 spiro atoms. The van der Waals surface area contributed by atoms with Gasteiger partial charge in [0.1, 0.15) is 0 Å². The molecule has 0 bridgehead atoms. The molecule has 0 fully saturated rings. The number of hydrogen-bond donors (Lipinski definition) is 0. The highest BCUT2D eigenvalue weighted by Crippen LogP contribution is 2.37. The molecule has 1 atom stereocenters. The van der Waals surface area contributed by atoms with E-state index in [2.05, 4.69) is 65.7 Å². The van der Waals surface area contributed by atoms with Gasteiger partial charge in [-0.15, -0.1) is 0 Å². The van der Waals surface area contributed by atoms with Crippen molar-refractivity contribution in [2.24, 2.45) is 0 Å². The number of benzene rings is 1. The number of pyridine rings is 1. The van der Waals surface area contributed by atoms with E-state index < -0.39 is 0 Å². The third kappa shape index (κ3) is 2.87. The molecule has 1 aliphatic heterocycles. The van der Waals surface area contributed by atoms with Crippen molar-refractivity contribution in [1.82, 2.24) is 14.5 Å². The monoisotopic (exact) mass is 333 g/mol. The van der Waals surface area contributed by atoms with Crippen molar-refractivity contribution in [1.29, 1.82) is 0 Å². The van der Waals surface area contributed by atoms with Gasteiger partial charge >= 0.3 is 0 Å². The van der Waals surface area contributed by atoms with Crippen molar-refractivity contribution in [3.63, 3.8) is 0 Å². The Morgan fingerprint density at radius 3 is 2.84 bits per heavy atom. The Morgan fingerprint density at radius 1 is 1.20 bits per heavy atom. The van der Waals surface area contributed by atoms with Crippen molar-refractivity contribution < 1.29 is 0 Å². The first-order valence-electron chi connectivity index (χ1n) is 9.43. The summed E-state index contributed by atoms with van der Waals surface area (Å²) >= 11 is 0. The van der Waals surface area contributed by atoms with Crippen LogP contribution in [0.1, 0.15) is 42.4 Å². The molecule has 130 valence electrons. The Morgan fingerprint density at radius 2 is 2.08 bits per heavy atom. The van der Waals surface area contributed by atoms with Gasteiger partial charge in [0.15, 0.2) is 0 Å². The lowest BCUT2D eigenvalue weighted by Gasteiger charge is -2.31. The average Bonchev–Trinajstić information content (AvgIpc) is 2.97. The van der Waals surface area contributed by atoms with Crippen LogP contribution in [-0.4, -0.2) is 28.0 Å². The van der Waals surface area contributed by atoms with Crippen LogP contribution in [0.4, 0.5) is 0 Å². The standard InChI is InChI=1S/C22H27N3/c1-4-17-8-9-20-19(15-17)22-16(2)24(3)13-11-21(22)25(20)14-10-18-7-5-6-12-23-18/h5-9,12,15-16H,4,10-11,13-14H2,1-3H3. The van der Waals surface area contributed by atoms with E-state index in [0.29, 0.717) is 6.04 Å². The topological polar surface area (TPSA) is 21.1 Å². The molecular formula is C22H27N3. The smallest absolute Gasteiger partial charge is 0.0486 e. The quantitative estimate of drug-likeness (QED) is 0.706. The van der Waals surface area contributed by atoms with E-state index in [1.807, 2.05) is 12.3 Å². The van der Waals surface area contributed by atoms with E-state index in [-0.39, 0.29) is 0 Å². The van der Waals surface area contributed by atoms with Gasteiger partial charge in [-0.2, -0.15) is 0 Å². The second-order valence-corrected chi connectivity index (χ2v) is 7.19. The van der Waals surface area contributed by atoms with Gasteiger partial charge in [0, 0.05) is 60.5 Å². The molecule has 3 heteroatoms. The van der Waals surface area contributed by atoms with Crippen LogP contribution in [0.3, 0.4) is 0 Å². The van der Waals surface area contributed by atoms with Crippen LogP contribution >= 0.6 is 0 Å². The molecule has 25 heavy (non-hydrogen) atoms. The Bertz CT molecular complexity index is 879. The van der Waals surface area contributed by atoms with Crippen LogP contribution in [0.5, 0.6) is 0 Å². The number of aromatic nitrogens is 2. The van der Waals surface area contributed by atoms with Gasteiger partial charge in [-0.3, -0.25) is 9.88 Å². The minimum Gasteiger partial charge on any atom is -0.344 e. The summed E-state index contributed by atoms with van der Waals surface area (Å²) in [6.07, 6.45) is 5.10. The minimum absolute atomic E-state index is 0.481. The van der Waals surface area contributed by atoms with E-state index in [4.69, 9.17) is 0 Å². The van der Waals surface area contributed by atoms with Crippen LogP contribution in [-0.2, 0) is 25.8 Å². The van der Waals surface area contributed by atoms with Crippen LogP contribution in [0.25, 0.3) is 10.9 Å². The van der Waals surface area contributed by atoms with Crippen LogP contribution in [0, 0.1) is 0 Å². The molecule has 1 aromatic carbocycles. The van der Waals surface area contributed by atoms with E-state index in [9.17, 15) is 0 Å². The lowest BCUT2D eigenvalue weighted by molar-refractivity contribution is 0.245. The first kappa shape index (κ1) is 16.3. The lowest BCUT2D eigenvalue weighted by Crippen LogP contribution is -2.31. The third-order valence-corrected chi connectivity index (χ3v) is 5.78. The Hall–Kier alpha value is -2.13. The second-order valence-electron chi connectivity index (χ2n) is 7.19. The zero-order valence-corrected chi connectivity index (χ0v) is 15.5. The van der Waals surface area contributed by atoms with Gasteiger partial charge in [0.05, 0.1) is 0 Å². The molecule has 3 nitrogen and oxygen atoms in total. The zero-order valence-electron chi connectivity index (χ0n) is 15.5.